The Morgan fingerprint density at radius 3 is 2.64 bits per heavy atom. The molecule has 130 valence electrons. The van der Waals surface area contributed by atoms with Crippen LogP contribution < -0.4 is 4.74 Å². The minimum absolute atomic E-state index is 0.236. The van der Waals surface area contributed by atoms with E-state index in [1.807, 2.05) is 25.1 Å². The van der Waals surface area contributed by atoms with Crippen LogP contribution in [0.25, 0.3) is 10.9 Å². The normalized spacial score (nSPS) is 15.3. The lowest BCUT2D eigenvalue weighted by Crippen LogP contribution is -2.38. The molecule has 4 rings (SSSR count). The highest BCUT2D eigenvalue weighted by Crippen LogP contribution is 2.31. The SMILES string of the molecule is COc1ccc(C)cc1S(=O)(=O)N1CCn2c(cc3ccccc32)C1. The summed E-state index contributed by atoms with van der Waals surface area (Å²) in [6, 6.07) is 15.5. The van der Waals surface area contributed by atoms with Gasteiger partial charge < -0.3 is 9.30 Å². The van der Waals surface area contributed by atoms with Crippen LogP contribution in [0.5, 0.6) is 5.75 Å². The first-order valence-electron chi connectivity index (χ1n) is 8.22. The second kappa shape index (κ2) is 5.89. The van der Waals surface area contributed by atoms with E-state index in [4.69, 9.17) is 4.74 Å². The highest BCUT2D eigenvalue weighted by molar-refractivity contribution is 7.89. The van der Waals surface area contributed by atoms with Crippen molar-refractivity contribution in [3.63, 3.8) is 0 Å². The third kappa shape index (κ3) is 2.62. The first-order chi connectivity index (χ1) is 12.0. The molecule has 0 unspecified atom stereocenters. The Kier molecular flexibility index (Phi) is 3.81. The molecule has 2 aromatic carbocycles. The number of sulfonamides is 1. The lowest BCUT2D eigenvalue weighted by atomic mass is 10.2. The van der Waals surface area contributed by atoms with E-state index in [1.54, 1.807) is 16.4 Å². The van der Waals surface area contributed by atoms with Crippen molar-refractivity contribution in [2.24, 2.45) is 0 Å². The number of para-hydroxylation sites is 1. The molecule has 1 aliphatic rings. The van der Waals surface area contributed by atoms with Crippen molar-refractivity contribution >= 4 is 20.9 Å². The van der Waals surface area contributed by atoms with E-state index in [2.05, 4.69) is 22.8 Å². The molecule has 5 nitrogen and oxygen atoms in total. The summed E-state index contributed by atoms with van der Waals surface area (Å²) in [7, 11) is -2.11. The van der Waals surface area contributed by atoms with Gasteiger partial charge in [-0.25, -0.2) is 8.42 Å². The van der Waals surface area contributed by atoms with Crippen LogP contribution in [0, 0.1) is 6.92 Å². The zero-order valence-corrected chi connectivity index (χ0v) is 15.1. The number of benzene rings is 2. The van der Waals surface area contributed by atoms with Crippen LogP contribution >= 0.6 is 0 Å². The average molecular weight is 356 g/mol. The summed E-state index contributed by atoms with van der Waals surface area (Å²) in [4.78, 5) is 0.236. The summed E-state index contributed by atoms with van der Waals surface area (Å²) in [6.45, 7) is 3.35. The van der Waals surface area contributed by atoms with Crippen molar-refractivity contribution in [3.05, 3.63) is 59.8 Å². The third-order valence-electron chi connectivity index (χ3n) is 4.74. The smallest absolute Gasteiger partial charge is 0.247 e. The van der Waals surface area contributed by atoms with Crippen molar-refractivity contribution in [2.45, 2.75) is 24.9 Å². The van der Waals surface area contributed by atoms with Crippen LogP contribution in [0.2, 0.25) is 0 Å². The molecule has 1 aromatic heterocycles. The van der Waals surface area contributed by atoms with E-state index < -0.39 is 10.0 Å². The van der Waals surface area contributed by atoms with E-state index in [0.717, 1.165) is 22.2 Å². The molecule has 0 radical (unpaired) electrons. The quantitative estimate of drug-likeness (QED) is 0.724. The van der Waals surface area contributed by atoms with E-state index in [0.29, 0.717) is 25.4 Å². The molecule has 0 bridgehead atoms. The van der Waals surface area contributed by atoms with Crippen molar-refractivity contribution < 1.29 is 13.2 Å². The molecule has 0 spiro atoms. The molecule has 0 saturated heterocycles. The van der Waals surface area contributed by atoms with Gasteiger partial charge in [-0.15, -0.1) is 0 Å². The maximum absolute atomic E-state index is 13.2. The summed E-state index contributed by atoms with van der Waals surface area (Å²) in [5, 5.41) is 1.14. The maximum atomic E-state index is 13.2. The molecule has 25 heavy (non-hydrogen) atoms. The average Bonchev–Trinajstić information content (AvgIpc) is 2.99. The molecular weight excluding hydrogens is 336 g/mol. The van der Waals surface area contributed by atoms with Gasteiger partial charge in [0.1, 0.15) is 10.6 Å². The van der Waals surface area contributed by atoms with Gasteiger partial charge in [-0.3, -0.25) is 0 Å². The number of hydrogen-bond acceptors (Lipinski definition) is 3. The van der Waals surface area contributed by atoms with Crippen molar-refractivity contribution in [1.82, 2.24) is 8.87 Å². The molecule has 6 heteroatoms. The Balaban J connectivity index is 1.75. The Morgan fingerprint density at radius 1 is 1.04 bits per heavy atom. The topological polar surface area (TPSA) is 51.5 Å². The standard InChI is InChI=1S/C19H20N2O3S/c1-14-7-8-18(24-2)19(11-14)25(22,23)20-9-10-21-16(13-20)12-15-5-3-4-6-17(15)21/h3-8,11-12H,9-10,13H2,1-2H3. The van der Waals surface area contributed by atoms with Crippen LogP contribution in [0.15, 0.2) is 53.4 Å². The van der Waals surface area contributed by atoms with E-state index >= 15 is 0 Å². The predicted octanol–water partition coefficient (Wildman–Crippen LogP) is 3.16. The Hall–Kier alpha value is -2.31. The van der Waals surface area contributed by atoms with Crippen LogP contribution in [0.4, 0.5) is 0 Å². The van der Waals surface area contributed by atoms with Crippen molar-refractivity contribution in [3.8, 4) is 5.75 Å². The van der Waals surface area contributed by atoms with Crippen LogP contribution in [0.1, 0.15) is 11.3 Å². The van der Waals surface area contributed by atoms with Crippen LogP contribution in [0.3, 0.4) is 0 Å². The van der Waals surface area contributed by atoms with Gasteiger partial charge in [0, 0.05) is 24.3 Å². The lowest BCUT2D eigenvalue weighted by Gasteiger charge is -2.28. The minimum atomic E-state index is -3.61. The van der Waals surface area contributed by atoms with Crippen LogP contribution in [-0.2, 0) is 23.1 Å². The third-order valence-corrected chi connectivity index (χ3v) is 6.61. The number of nitrogens with zero attached hydrogens (tertiary/aromatic N) is 2. The summed E-state index contributed by atoms with van der Waals surface area (Å²) in [5.41, 5.74) is 3.07. The summed E-state index contributed by atoms with van der Waals surface area (Å²) < 4.78 is 35.4. The zero-order chi connectivity index (χ0) is 17.6. The van der Waals surface area contributed by atoms with Gasteiger partial charge in [0.15, 0.2) is 0 Å². The molecule has 0 aliphatic carbocycles. The molecular formula is C19H20N2O3S. The number of aromatic nitrogens is 1. The second-order valence-electron chi connectivity index (χ2n) is 6.34. The number of hydrogen-bond donors (Lipinski definition) is 0. The summed E-state index contributed by atoms with van der Waals surface area (Å²) >= 11 is 0. The molecule has 0 saturated carbocycles. The Morgan fingerprint density at radius 2 is 1.84 bits per heavy atom. The number of ether oxygens (including phenoxy) is 1. The van der Waals surface area contributed by atoms with Gasteiger partial charge in [0.05, 0.1) is 13.7 Å². The van der Waals surface area contributed by atoms with Gasteiger partial charge in [0.25, 0.3) is 0 Å². The fourth-order valence-corrected chi connectivity index (χ4v) is 5.11. The van der Waals surface area contributed by atoms with Crippen molar-refractivity contribution in [1.29, 1.82) is 0 Å². The first-order valence-corrected chi connectivity index (χ1v) is 9.66. The lowest BCUT2D eigenvalue weighted by molar-refractivity contribution is 0.341. The number of rotatable bonds is 3. The second-order valence-corrected chi connectivity index (χ2v) is 8.25. The highest BCUT2D eigenvalue weighted by Gasteiger charge is 2.31. The van der Waals surface area contributed by atoms with Gasteiger partial charge in [-0.2, -0.15) is 4.31 Å². The zero-order valence-electron chi connectivity index (χ0n) is 14.3. The molecule has 0 amide bonds. The Bertz CT molecular complexity index is 1050. The van der Waals surface area contributed by atoms with E-state index in [1.165, 1.54) is 7.11 Å². The molecule has 0 atom stereocenters. The summed E-state index contributed by atoms with van der Waals surface area (Å²) in [5.74, 6) is 0.386. The van der Waals surface area contributed by atoms with E-state index in [-0.39, 0.29) is 4.90 Å². The molecule has 2 heterocycles. The predicted molar refractivity (Wildman–Crippen MR) is 97.3 cm³/mol. The summed E-state index contributed by atoms with van der Waals surface area (Å²) in [6.07, 6.45) is 0. The largest absolute Gasteiger partial charge is 0.495 e. The van der Waals surface area contributed by atoms with Gasteiger partial charge in [-0.1, -0.05) is 24.3 Å². The Labute approximate surface area is 147 Å². The molecule has 3 aromatic rings. The number of methoxy groups -OCH3 is 1. The monoisotopic (exact) mass is 356 g/mol. The first kappa shape index (κ1) is 16.2. The van der Waals surface area contributed by atoms with Crippen LogP contribution in [-0.4, -0.2) is 30.9 Å². The number of aryl methyl sites for hydroxylation is 1. The highest BCUT2D eigenvalue weighted by atomic mass is 32.2. The number of fused-ring (bicyclic) bond motifs is 3. The molecule has 0 N–H and O–H groups in total. The maximum Gasteiger partial charge on any atom is 0.247 e. The minimum Gasteiger partial charge on any atom is -0.495 e. The van der Waals surface area contributed by atoms with Crippen molar-refractivity contribution in [2.75, 3.05) is 13.7 Å². The van der Waals surface area contributed by atoms with Gasteiger partial charge >= 0.3 is 0 Å². The molecule has 1 aliphatic heterocycles. The fourth-order valence-electron chi connectivity index (χ4n) is 3.46. The van der Waals surface area contributed by atoms with Gasteiger partial charge in [0.2, 0.25) is 10.0 Å². The van der Waals surface area contributed by atoms with Gasteiger partial charge in [-0.05, 0) is 42.1 Å². The fraction of sp³-hybridized carbons (Fsp3) is 0.263. The molecule has 0 fully saturated rings. The van der Waals surface area contributed by atoms with E-state index in [9.17, 15) is 8.42 Å².